The third-order valence-electron chi connectivity index (χ3n) is 6.02. The van der Waals surface area contributed by atoms with Gasteiger partial charge in [0.05, 0.1) is 49.5 Å². The standard InChI is InChI=1S/C28H31ClF2N6O6S/c1-28(2,3)43-27(38)33-10-13-42-14-12-37(44(39)40)20-7-5-17(15-19(20)29)35-25-26-34-16-21(36(26)11-9-32-25)18-6-8-22(41-4)24(31)23(18)30/h5-9,11,15-16,44H,10,12-14H2,1-4H3,(H,32,35)(H,33,38). The van der Waals surface area contributed by atoms with Crippen molar-refractivity contribution in [1.29, 1.82) is 0 Å². The molecular formula is C28H31ClF2N6O6S. The highest BCUT2D eigenvalue weighted by atomic mass is 35.5. The maximum Gasteiger partial charge on any atom is 0.407 e. The predicted molar refractivity (Wildman–Crippen MR) is 162 cm³/mol. The van der Waals surface area contributed by atoms with Crippen LogP contribution in [0.3, 0.4) is 0 Å². The fraction of sp³-hybridized carbons (Fsp3) is 0.321. The fourth-order valence-corrected chi connectivity index (χ4v) is 5.04. The molecule has 0 spiro atoms. The third-order valence-corrected chi connectivity index (χ3v) is 7.13. The molecule has 12 nitrogen and oxygen atoms in total. The number of methoxy groups -OCH3 is 1. The van der Waals surface area contributed by atoms with E-state index < -0.39 is 34.2 Å². The number of rotatable bonds is 12. The number of hydrogen-bond donors (Lipinski definition) is 3. The molecule has 4 aromatic rings. The lowest BCUT2D eigenvalue weighted by atomic mass is 10.1. The van der Waals surface area contributed by atoms with Crippen LogP contribution in [0.15, 0.2) is 48.9 Å². The van der Waals surface area contributed by atoms with Crippen molar-refractivity contribution < 1.29 is 36.2 Å². The number of benzene rings is 2. The molecule has 236 valence electrons. The number of nitrogens with one attached hydrogen (secondary N) is 2. The molecule has 0 bridgehead atoms. The van der Waals surface area contributed by atoms with Gasteiger partial charge in [-0.15, -0.1) is 0 Å². The highest BCUT2D eigenvalue weighted by molar-refractivity contribution is 7.74. The molecule has 2 aromatic heterocycles. The molecule has 2 aromatic carbocycles. The number of fused-ring (bicyclic) bond motifs is 1. The molecule has 0 unspecified atom stereocenters. The molecule has 0 saturated heterocycles. The molecule has 2 heterocycles. The van der Waals surface area contributed by atoms with Crippen molar-refractivity contribution >= 4 is 51.4 Å². The Kier molecular flexibility index (Phi) is 10.4. The normalized spacial score (nSPS) is 11.5. The molecule has 2 N–H and O–H groups in total. The maximum absolute atomic E-state index is 14.8. The van der Waals surface area contributed by atoms with Crippen molar-refractivity contribution in [3.63, 3.8) is 0 Å². The Hall–Kier alpha value is -4.21. The summed E-state index contributed by atoms with van der Waals surface area (Å²) in [6.45, 7) is 5.61. The van der Waals surface area contributed by atoms with Crippen molar-refractivity contribution in [3.05, 3.63) is 65.6 Å². The second kappa shape index (κ2) is 14.1. The zero-order chi connectivity index (χ0) is 32.0. The van der Waals surface area contributed by atoms with Crippen molar-refractivity contribution in [1.82, 2.24) is 19.7 Å². The smallest absolute Gasteiger partial charge is 0.407 e. The van der Waals surface area contributed by atoms with Crippen LogP contribution in [0.2, 0.25) is 5.02 Å². The third kappa shape index (κ3) is 7.84. The van der Waals surface area contributed by atoms with E-state index in [0.717, 1.165) is 4.31 Å². The van der Waals surface area contributed by atoms with Gasteiger partial charge in [0.15, 0.2) is 23.0 Å². The summed E-state index contributed by atoms with van der Waals surface area (Å²) in [5, 5.41) is 5.76. The van der Waals surface area contributed by atoms with Gasteiger partial charge in [0, 0.05) is 30.2 Å². The van der Waals surface area contributed by atoms with Gasteiger partial charge >= 0.3 is 6.09 Å². The zero-order valence-corrected chi connectivity index (χ0v) is 25.9. The van der Waals surface area contributed by atoms with E-state index in [1.165, 1.54) is 43.8 Å². The summed E-state index contributed by atoms with van der Waals surface area (Å²) < 4.78 is 71.2. The number of alkyl carbamates (subject to hydrolysis) is 1. The van der Waals surface area contributed by atoms with E-state index in [4.69, 9.17) is 25.8 Å². The first-order chi connectivity index (χ1) is 20.9. The summed E-state index contributed by atoms with van der Waals surface area (Å²) in [5.41, 5.74) is 0.667. The summed E-state index contributed by atoms with van der Waals surface area (Å²) in [6.07, 6.45) is 3.83. The van der Waals surface area contributed by atoms with Crippen LogP contribution < -0.4 is 19.7 Å². The lowest BCUT2D eigenvalue weighted by molar-refractivity contribution is 0.0501. The largest absolute Gasteiger partial charge is 0.494 e. The number of imidazole rings is 1. The van der Waals surface area contributed by atoms with Crippen LogP contribution in [0.1, 0.15) is 20.8 Å². The molecule has 0 aliphatic rings. The Morgan fingerprint density at radius 3 is 2.57 bits per heavy atom. The highest BCUT2D eigenvalue weighted by Crippen LogP contribution is 2.33. The molecule has 4 rings (SSSR count). The maximum atomic E-state index is 14.8. The SMILES string of the molecule is COc1ccc(-c2cnc3c(Nc4ccc(N(CCOCCNC(=O)OC(C)(C)C)[SH](=O)=O)c(Cl)c4)nccn23)c(F)c1F. The number of halogens is 3. The molecule has 0 atom stereocenters. The van der Waals surface area contributed by atoms with E-state index >= 15 is 0 Å². The monoisotopic (exact) mass is 652 g/mol. The number of amides is 1. The van der Waals surface area contributed by atoms with Crippen LogP contribution in [-0.4, -0.2) is 67.9 Å². The summed E-state index contributed by atoms with van der Waals surface area (Å²) in [7, 11) is -1.80. The summed E-state index contributed by atoms with van der Waals surface area (Å²) in [6, 6.07) is 7.36. The molecule has 0 radical (unpaired) electrons. The average molecular weight is 653 g/mol. The number of hydrogen-bond acceptors (Lipinski definition) is 9. The van der Waals surface area contributed by atoms with E-state index in [1.807, 2.05) is 0 Å². The van der Waals surface area contributed by atoms with E-state index in [-0.39, 0.29) is 59.8 Å². The molecule has 0 aliphatic heterocycles. The quantitative estimate of drug-likeness (QED) is 0.143. The predicted octanol–water partition coefficient (Wildman–Crippen LogP) is 4.95. The van der Waals surface area contributed by atoms with Crippen molar-refractivity contribution in [2.45, 2.75) is 26.4 Å². The number of ether oxygens (including phenoxy) is 3. The second-order valence-electron chi connectivity index (χ2n) is 10.2. The van der Waals surface area contributed by atoms with E-state index in [0.29, 0.717) is 11.3 Å². The van der Waals surface area contributed by atoms with Crippen LogP contribution in [0.5, 0.6) is 5.75 Å². The minimum absolute atomic E-state index is 0.0160. The first-order valence-corrected chi connectivity index (χ1v) is 14.8. The van der Waals surface area contributed by atoms with Gasteiger partial charge in [-0.2, -0.15) is 4.39 Å². The highest BCUT2D eigenvalue weighted by Gasteiger charge is 2.20. The van der Waals surface area contributed by atoms with Gasteiger partial charge in [0.1, 0.15) is 5.60 Å². The first-order valence-electron chi connectivity index (χ1n) is 13.3. The lowest BCUT2D eigenvalue weighted by Gasteiger charge is -2.20. The first kappa shape index (κ1) is 32.7. The Labute approximate surface area is 259 Å². The molecule has 0 fully saturated rings. The number of nitrogens with zero attached hydrogens (tertiary/aromatic N) is 4. The summed E-state index contributed by atoms with van der Waals surface area (Å²) >= 11 is 6.46. The van der Waals surface area contributed by atoms with Crippen molar-refractivity contribution in [2.24, 2.45) is 0 Å². The topological polar surface area (TPSA) is 136 Å². The number of anilines is 3. The minimum Gasteiger partial charge on any atom is -0.494 e. The van der Waals surface area contributed by atoms with Crippen molar-refractivity contribution in [2.75, 3.05) is 43.0 Å². The second-order valence-corrected chi connectivity index (χ2v) is 11.6. The molecule has 44 heavy (non-hydrogen) atoms. The van der Waals surface area contributed by atoms with Crippen LogP contribution in [-0.2, 0) is 20.4 Å². The van der Waals surface area contributed by atoms with Crippen molar-refractivity contribution in [3.8, 4) is 17.0 Å². The Morgan fingerprint density at radius 2 is 1.89 bits per heavy atom. The van der Waals surface area contributed by atoms with E-state index in [9.17, 15) is 22.0 Å². The van der Waals surface area contributed by atoms with Gasteiger partial charge in [0.25, 0.3) is 0 Å². The van der Waals surface area contributed by atoms with Gasteiger partial charge in [-0.3, -0.25) is 8.71 Å². The van der Waals surface area contributed by atoms with E-state index in [1.54, 1.807) is 37.4 Å². The minimum atomic E-state index is -3.05. The number of carbonyl (C=O) groups excluding carboxylic acids is 1. The zero-order valence-electron chi connectivity index (χ0n) is 24.3. The molecule has 0 saturated carbocycles. The van der Waals surface area contributed by atoms with Crippen LogP contribution in [0.4, 0.5) is 30.8 Å². The Balaban J connectivity index is 1.43. The van der Waals surface area contributed by atoms with Gasteiger partial charge in [-0.1, -0.05) is 11.6 Å². The van der Waals surface area contributed by atoms with E-state index in [2.05, 4.69) is 20.6 Å². The number of thiol groups is 1. The number of carbonyl (C=O) groups is 1. The summed E-state index contributed by atoms with van der Waals surface area (Å²) in [4.78, 5) is 20.3. The van der Waals surface area contributed by atoms with Crippen LogP contribution >= 0.6 is 11.6 Å². The average Bonchev–Trinajstić information content (AvgIpc) is 3.38. The van der Waals surface area contributed by atoms with Gasteiger partial charge in [-0.25, -0.2) is 27.6 Å². The molecule has 16 heteroatoms. The van der Waals surface area contributed by atoms with Gasteiger partial charge in [-0.05, 0) is 51.1 Å². The number of aromatic nitrogens is 3. The van der Waals surface area contributed by atoms with Gasteiger partial charge < -0.3 is 24.8 Å². The lowest BCUT2D eigenvalue weighted by Crippen LogP contribution is -2.34. The molecule has 1 amide bonds. The summed E-state index contributed by atoms with van der Waals surface area (Å²) in [5.74, 6) is -2.12. The van der Waals surface area contributed by atoms with Gasteiger partial charge in [0.2, 0.25) is 16.7 Å². The molecule has 0 aliphatic carbocycles. The molecular weight excluding hydrogens is 622 g/mol. The Bertz CT molecular complexity index is 1720. The fourth-order valence-electron chi connectivity index (χ4n) is 4.11. The Morgan fingerprint density at radius 1 is 1.11 bits per heavy atom. The van der Waals surface area contributed by atoms with Crippen LogP contribution in [0, 0.1) is 11.6 Å². The van der Waals surface area contributed by atoms with Crippen LogP contribution in [0.25, 0.3) is 16.9 Å².